The van der Waals surface area contributed by atoms with Crippen molar-refractivity contribution in [3.63, 3.8) is 0 Å². The second-order valence-corrected chi connectivity index (χ2v) is 6.41. The van der Waals surface area contributed by atoms with E-state index in [1.54, 1.807) is 30.3 Å². The van der Waals surface area contributed by atoms with E-state index in [0.29, 0.717) is 16.3 Å². The Morgan fingerprint density at radius 1 is 1.23 bits per heavy atom. The molecule has 0 saturated carbocycles. The van der Waals surface area contributed by atoms with Crippen molar-refractivity contribution in [3.8, 4) is 0 Å². The van der Waals surface area contributed by atoms with Gasteiger partial charge in [0.1, 0.15) is 0 Å². The third-order valence-electron chi connectivity index (χ3n) is 4.37. The number of halogens is 2. The molecule has 8 heteroatoms. The standard InChI is InChI=1S/C18H15ClFN3O3/c1-12-18(20,17(24)23(21-12)15-5-3-2-4-6-15)16(11-22(25)26)13-7-9-14(19)10-8-13/h2-10,16H,11H2,1H3/t16-,18-/m1/s1. The molecular formula is C18H15ClFN3O3. The minimum absolute atomic E-state index is 0.117. The highest BCUT2D eigenvalue weighted by Gasteiger charge is 2.58. The molecule has 1 amide bonds. The molecule has 0 unspecified atom stereocenters. The molecule has 1 aliphatic rings. The Hall–Kier alpha value is -2.80. The fourth-order valence-corrected chi connectivity index (χ4v) is 3.15. The van der Waals surface area contributed by atoms with Gasteiger partial charge in [0.05, 0.1) is 17.3 Å². The quantitative estimate of drug-likeness (QED) is 0.588. The van der Waals surface area contributed by atoms with Crippen molar-refractivity contribution < 1.29 is 14.1 Å². The molecule has 0 aliphatic carbocycles. The summed E-state index contributed by atoms with van der Waals surface area (Å²) in [5.74, 6) is -2.26. The Kier molecular flexibility index (Phi) is 4.73. The van der Waals surface area contributed by atoms with Gasteiger partial charge in [0.2, 0.25) is 12.2 Å². The van der Waals surface area contributed by atoms with Crippen LogP contribution in [-0.2, 0) is 4.79 Å². The van der Waals surface area contributed by atoms with Crippen molar-refractivity contribution in [2.45, 2.75) is 18.5 Å². The SMILES string of the molecule is CC1=NN(c2ccccc2)C(=O)[C@]1(F)[C@H](C[N+](=O)[O-])c1ccc(Cl)cc1. The predicted molar refractivity (Wildman–Crippen MR) is 96.9 cm³/mol. The first-order valence-corrected chi connectivity index (χ1v) is 8.23. The summed E-state index contributed by atoms with van der Waals surface area (Å²) in [6, 6.07) is 14.4. The van der Waals surface area contributed by atoms with Crippen LogP contribution in [0, 0.1) is 10.1 Å². The highest BCUT2D eigenvalue weighted by molar-refractivity contribution is 6.30. The zero-order valence-corrected chi connectivity index (χ0v) is 14.6. The van der Waals surface area contributed by atoms with E-state index in [-0.39, 0.29) is 5.71 Å². The molecule has 26 heavy (non-hydrogen) atoms. The number of nitrogens with zero attached hydrogens (tertiary/aromatic N) is 3. The van der Waals surface area contributed by atoms with Crippen LogP contribution in [0.25, 0.3) is 0 Å². The van der Waals surface area contributed by atoms with Crippen LogP contribution in [0.4, 0.5) is 10.1 Å². The number of rotatable bonds is 5. The van der Waals surface area contributed by atoms with E-state index in [1.807, 2.05) is 0 Å². The van der Waals surface area contributed by atoms with Gasteiger partial charge >= 0.3 is 0 Å². The van der Waals surface area contributed by atoms with E-state index in [2.05, 4.69) is 5.10 Å². The molecule has 1 aliphatic heterocycles. The summed E-state index contributed by atoms with van der Waals surface area (Å²) in [5.41, 5.74) is -2.02. The third kappa shape index (κ3) is 3.06. The van der Waals surface area contributed by atoms with Crippen molar-refractivity contribution in [3.05, 3.63) is 75.3 Å². The van der Waals surface area contributed by atoms with Crippen LogP contribution in [0.15, 0.2) is 59.7 Å². The number of nitro groups is 1. The van der Waals surface area contributed by atoms with E-state index in [1.165, 1.54) is 31.2 Å². The molecule has 6 nitrogen and oxygen atoms in total. The number of carbonyl (C=O) groups excluding carboxylic acids is 1. The Balaban J connectivity index is 2.05. The van der Waals surface area contributed by atoms with E-state index in [0.717, 1.165) is 5.01 Å². The summed E-state index contributed by atoms with van der Waals surface area (Å²) in [6.07, 6.45) is 0. The van der Waals surface area contributed by atoms with Crippen LogP contribution in [0.3, 0.4) is 0 Å². The summed E-state index contributed by atoms with van der Waals surface area (Å²) in [4.78, 5) is 23.4. The molecule has 2 aromatic carbocycles. The number of hydrogen-bond acceptors (Lipinski definition) is 4. The molecule has 0 spiro atoms. The van der Waals surface area contributed by atoms with Crippen LogP contribution in [-0.4, -0.2) is 28.8 Å². The van der Waals surface area contributed by atoms with Gasteiger partial charge in [-0.15, -0.1) is 0 Å². The summed E-state index contributed by atoms with van der Waals surface area (Å²) in [6.45, 7) is 0.614. The van der Waals surface area contributed by atoms with Gasteiger partial charge in [0.25, 0.3) is 5.91 Å². The van der Waals surface area contributed by atoms with Crippen LogP contribution in [0.2, 0.25) is 5.02 Å². The molecule has 0 bridgehead atoms. The van der Waals surface area contributed by atoms with Crippen LogP contribution < -0.4 is 5.01 Å². The Morgan fingerprint density at radius 3 is 2.42 bits per heavy atom. The maximum absolute atomic E-state index is 16.0. The lowest BCUT2D eigenvalue weighted by Gasteiger charge is -2.27. The Labute approximate surface area is 154 Å². The molecule has 0 radical (unpaired) electrons. The minimum atomic E-state index is -2.61. The van der Waals surface area contributed by atoms with Gasteiger partial charge < -0.3 is 0 Å². The summed E-state index contributed by atoms with van der Waals surface area (Å²) < 4.78 is 16.0. The topological polar surface area (TPSA) is 75.8 Å². The lowest BCUT2D eigenvalue weighted by molar-refractivity contribution is -0.485. The zero-order chi connectivity index (χ0) is 18.9. The molecule has 134 valence electrons. The smallest absolute Gasteiger partial charge is 0.268 e. The zero-order valence-electron chi connectivity index (χ0n) is 13.8. The fraction of sp³-hybridized carbons (Fsp3) is 0.222. The molecule has 2 atom stereocenters. The van der Waals surface area contributed by atoms with Crippen molar-refractivity contribution in [1.82, 2.24) is 0 Å². The fourth-order valence-electron chi connectivity index (χ4n) is 3.03. The number of benzene rings is 2. The van der Waals surface area contributed by atoms with Crippen molar-refractivity contribution in [1.29, 1.82) is 0 Å². The second-order valence-electron chi connectivity index (χ2n) is 5.97. The predicted octanol–water partition coefficient (Wildman–Crippen LogP) is 3.83. The van der Waals surface area contributed by atoms with Crippen LogP contribution in [0.5, 0.6) is 0 Å². The molecule has 0 aromatic heterocycles. The first-order valence-electron chi connectivity index (χ1n) is 7.85. The average Bonchev–Trinajstić information content (AvgIpc) is 2.86. The van der Waals surface area contributed by atoms with Gasteiger partial charge in [-0.3, -0.25) is 14.9 Å². The third-order valence-corrected chi connectivity index (χ3v) is 4.62. The van der Waals surface area contributed by atoms with Gasteiger partial charge in [-0.25, -0.2) is 4.39 Å². The van der Waals surface area contributed by atoms with Crippen molar-refractivity contribution >= 4 is 28.9 Å². The summed E-state index contributed by atoms with van der Waals surface area (Å²) in [5, 5.41) is 16.6. The molecular weight excluding hydrogens is 361 g/mol. The number of hydrogen-bond donors (Lipinski definition) is 0. The first-order chi connectivity index (χ1) is 12.3. The van der Waals surface area contributed by atoms with Gasteiger partial charge in [-0.1, -0.05) is 41.9 Å². The lowest BCUT2D eigenvalue weighted by Crippen LogP contribution is -2.49. The average molecular weight is 376 g/mol. The Morgan fingerprint density at radius 2 is 1.85 bits per heavy atom. The normalized spacial score (nSPS) is 20.8. The van der Waals surface area contributed by atoms with Gasteiger partial charge in [0, 0.05) is 9.95 Å². The maximum atomic E-state index is 16.0. The molecule has 3 rings (SSSR count). The van der Waals surface area contributed by atoms with Crippen molar-refractivity contribution in [2.24, 2.45) is 5.10 Å². The van der Waals surface area contributed by atoms with Gasteiger partial charge in [-0.2, -0.15) is 10.1 Å². The van der Waals surface area contributed by atoms with Gasteiger partial charge in [0.15, 0.2) is 0 Å². The number of alkyl halides is 1. The molecule has 0 saturated heterocycles. The lowest BCUT2D eigenvalue weighted by atomic mass is 9.80. The highest BCUT2D eigenvalue weighted by atomic mass is 35.5. The van der Waals surface area contributed by atoms with Crippen molar-refractivity contribution in [2.75, 3.05) is 11.6 Å². The summed E-state index contributed by atoms with van der Waals surface area (Å²) in [7, 11) is 0. The largest absolute Gasteiger partial charge is 0.291 e. The molecule has 1 heterocycles. The number of amides is 1. The summed E-state index contributed by atoms with van der Waals surface area (Å²) >= 11 is 5.85. The van der Waals surface area contributed by atoms with Gasteiger partial charge in [-0.05, 0) is 36.8 Å². The molecule has 0 fully saturated rings. The van der Waals surface area contributed by atoms with E-state index >= 15 is 4.39 Å². The first kappa shape index (κ1) is 18.0. The highest BCUT2D eigenvalue weighted by Crippen LogP contribution is 2.40. The Bertz CT molecular complexity index is 873. The monoisotopic (exact) mass is 375 g/mol. The second kappa shape index (κ2) is 6.84. The number of para-hydroxylation sites is 1. The maximum Gasteiger partial charge on any atom is 0.291 e. The number of carbonyl (C=O) groups is 1. The molecule has 2 aromatic rings. The minimum Gasteiger partial charge on any atom is -0.268 e. The van der Waals surface area contributed by atoms with E-state index in [9.17, 15) is 14.9 Å². The molecule has 0 N–H and O–H groups in total. The van der Waals surface area contributed by atoms with Crippen LogP contribution >= 0.6 is 11.6 Å². The number of hydrazone groups is 1. The number of anilines is 1. The van der Waals surface area contributed by atoms with E-state index < -0.39 is 29.0 Å². The van der Waals surface area contributed by atoms with E-state index in [4.69, 9.17) is 11.6 Å². The van der Waals surface area contributed by atoms with Crippen LogP contribution in [0.1, 0.15) is 18.4 Å².